The second-order valence-electron chi connectivity index (χ2n) is 5.41. The lowest BCUT2D eigenvalue weighted by Crippen LogP contribution is -2.43. The minimum absolute atomic E-state index is 0. The molecule has 1 amide bonds. The molecule has 136 valence electrons. The molecular formula is C17H29IN4O2. The number of benzene rings is 1. The number of carbonyl (C=O) groups excluding carboxylic acids is 1. The highest BCUT2D eigenvalue weighted by molar-refractivity contribution is 14.0. The largest absolute Gasteiger partial charge is 0.375 e. The quantitative estimate of drug-likeness (QED) is 0.233. The average molecular weight is 448 g/mol. The number of amides is 1. The van der Waals surface area contributed by atoms with Crippen molar-refractivity contribution in [1.29, 1.82) is 0 Å². The highest BCUT2D eigenvalue weighted by atomic mass is 127. The van der Waals surface area contributed by atoms with Crippen LogP contribution in [0.2, 0.25) is 0 Å². The van der Waals surface area contributed by atoms with Gasteiger partial charge in [0.2, 0.25) is 5.91 Å². The third-order valence-electron chi connectivity index (χ3n) is 3.12. The Labute approximate surface area is 161 Å². The smallest absolute Gasteiger partial charge is 0.222 e. The normalized spacial score (nSPS) is 10.9. The van der Waals surface area contributed by atoms with Crippen molar-refractivity contribution in [2.24, 2.45) is 10.9 Å². The molecule has 0 bridgehead atoms. The van der Waals surface area contributed by atoms with Crippen LogP contribution in [0.4, 0.5) is 0 Å². The molecule has 0 aliphatic carbocycles. The number of hydrogen-bond acceptors (Lipinski definition) is 3. The summed E-state index contributed by atoms with van der Waals surface area (Å²) in [5, 5.41) is 9.16. The van der Waals surface area contributed by atoms with Gasteiger partial charge in [0.15, 0.2) is 5.96 Å². The lowest BCUT2D eigenvalue weighted by atomic mass is 10.2. The Hall–Kier alpha value is -1.35. The van der Waals surface area contributed by atoms with Gasteiger partial charge < -0.3 is 20.7 Å². The van der Waals surface area contributed by atoms with Crippen molar-refractivity contribution in [2.75, 3.05) is 33.3 Å². The molecule has 1 aromatic carbocycles. The molecule has 0 radical (unpaired) electrons. The Bertz CT molecular complexity index is 481. The van der Waals surface area contributed by atoms with Crippen LogP contribution < -0.4 is 16.0 Å². The number of nitrogens with zero attached hydrogens (tertiary/aromatic N) is 1. The summed E-state index contributed by atoms with van der Waals surface area (Å²) in [5.74, 6) is 0.769. The summed E-state index contributed by atoms with van der Waals surface area (Å²) in [6.45, 7) is 6.82. The summed E-state index contributed by atoms with van der Waals surface area (Å²) in [6, 6.07) is 10.1. The standard InChI is InChI=1S/C17H28N4O2.HI/c1-14(2)16(22)19-9-10-20-17(18-3)21-11-12-23-13-15-7-5-4-6-8-15;/h4-8,14H,9-13H2,1-3H3,(H,19,22)(H2,18,20,21);1H. The monoisotopic (exact) mass is 448 g/mol. The van der Waals surface area contributed by atoms with Crippen molar-refractivity contribution in [3.63, 3.8) is 0 Å². The molecule has 0 spiro atoms. The van der Waals surface area contributed by atoms with Crippen molar-refractivity contribution < 1.29 is 9.53 Å². The molecular weight excluding hydrogens is 419 g/mol. The second-order valence-corrected chi connectivity index (χ2v) is 5.41. The minimum Gasteiger partial charge on any atom is -0.375 e. The van der Waals surface area contributed by atoms with Gasteiger partial charge in [0.1, 0.15) is 0 Å². The van der Waals surface area contributed by atoms with Crippen LogP contribution in [-0.2, 0) is 16.1 Å². The molecule has 7 heteroatoms. The zero-order valence-electron chi connectivity index (χ0n) is 14.7. The van der Waals surface area contributed by atoms with Crippen molar-refractivity contribution in [2.45, 2.75) is 20.5 Å². The maximum Gasteiger partial charge on any atom is 0.222 e. The van der Waals surface area contributed by atoms with E-state index in [-0.39, 0.29) is 35.8 Å². The molecule has 0 atom stereocenters. The number of guanidine groups is 1. The molecule has 1 rings (SSSR count). The number of nitrogens with one attached hydrogen (secondary N) is 3. The van der Waals surface area contributed by atoms with E-state index in [1.807, 2.05) is 44.2 Å². The summed E-state index contributed by atoms with van der Waals surface area (Å²) in [7, 11) is 1.72. The van der Waals surface area contributed by atoms with Crippen molar-refractivity contribution in [3.05, 3.63) is 35.9 Å². The first-order chi connectivity index (χ1) is 11.1. The first-order valence-electron chi connectivity index (χ1n) is 7.97. The summed E-state index contributed by atoms with van der Waals surface area (Å²) in [6.07, 6.45) is 0. The molecule has 0 fully saturated rings. The summed E-state index contributed by atoms with van der Waals surface area (Å²) in [5.41, 5.74) is 1.16. The maximum atomic E-state index is 11.4. The van der Waals surface area contributed by atoms with Gasteiger partial charge in [0.05, 0.1) is 13.2 Å². The Morgan fingerprint density at radius 2 is 1.71 bits per heavy atom. The van der Waals surface area contributed by atoms with Crippen LogP contribution in [0.1, 0.15) is 19.4 Å². The molecule has 0 saturated carbocycles. The molecule has 0 heterocycles. The van der Waals surface area contributed by atoms with Crippen LogP contribution in [0.15, 0.2) is 35.3 Å². The van der Waals surface area contributed by atoms with Gasteiger partial charge in [-0.1, -0.05) is 44.2 Å². The van der Waals surface area contributed by atoms with Crippen molar-refractivity contribution in [3.8, 4) is 0 Å². The third kappa shape index (κ3) is 10.4. The number of aliphatic imine (C=N–C) groups is 1. The van der Waals surface area contributed by atoms with Crippen molar-refractivity contribution in [1.82, 2.24) is 16.0 Å². The van der Waals surface area contributed by atoms with Crippen LogP contribution in [0, 0.1) is 5.92 Å². The minimum atomic E-state index is 0. The first-order valence-corrected chi connectivity index (χ1v) is 7.97. The van der Waals surface area contributed by atoms with E-state index in [4.69, 9.17) is 4.74 Å². The van der Waals surface area contributed by atoms with Gasteiger partial charge in [-0.05, 0) is 5.56 Å². The lowest BCUT2D eigenvalue weighted by molar-refractivity contribution is -0.123. The zero-order valence-corrected chi connectivity index (χ0v) is 17.0. The fourth-order valence-corrected chi connectivity index (χ4v) is 1.80. The van der Waals surface area contributed by atoms with E-state index in [1.165, 1.54) is 0 Å². The summed E-state index contributed by atoms with van der Waals surface area (Å²) in [4.78, 5) is 15.5. The Kier molecular flexibility index (Phi) is 13.2. The molecule has 0 unspecified atom stereocenters. The SMILES string of the molecule is CN=C(NCCNC(=O)C(C)C)NCCOCc1ccccc1.I. The topological polar surface area (TPSA) is 74.8 Å². The summed E-state index contributed by atoms with van der Waals surface area (Å²) >= 11 is 0. The lowest BCUT2D eigenvalue weighted by Gasteiger charge is -2.13. The van der Waals surface area contributed by atoms with E-state index >= 15 is 0 Å². The number of ether oxygens (including phenoxy) is 1. The van der Waals surface area contributed by atoms with Gasteiger partial charge >= 0.3 is 0 Å². The molecule has 6 nitrogen and oxygen atoms in total. The predicted molar refractivity (Wildman–Crippen MR) is 109 cm³/mol. The van der Waals surface area contributed by atoms with E-state index in [0.717, 1.165) is 5.56 Å². The van der Waals surface area contributed by atoms with Crippen LogP contribution in [0.3, 0.4) is 0 Å². The maximum absolute atomic E-state index is 11.4. The van der Waals surface area contributed by atoms with Gasteiger partial charge in [-0.25, -0.2) is 0 Å². The predicted octanol–water partition coefficient (Wildman–Crippen LogP) is 1.76. The highest BCUT2D eigenvalue weighted by Gasteiger charge is 2.05. The van der Waals surface area contributed by atoms with E-state index < -0.39 is 0 Å². The molecule has 0 aliphatic rings. The zero-order chi connectivity index (χ0) is 16.9. The molecule has 0 saturated heterocycles. The Balaban J connectivity index is 0.00000529. The molecule has 1 aromatic rings. The third-order valence-corrected chi connectivity index (χ3v) is 3.12. The fourth-order valence-electron chi connectivity index (χ4n) is 1.80. The number of hydrogen-bond donors (Lipinski definition) is 3. The van der Waals surface area contributed by atoms with Gasteiger partial charge in [-0.3, -0.25) is 9.79 Å². The molecule has 24 heavy (non-hydrogen) atoms. The van der Waals surface area contributed by atoms with Crippen LogP contribution in [-0.4, -0.2) is 45.2 Å². The van der Waals surface area contributed by atoms with Gasteiger partial charge in [0, 0.05) is 32.6 Å². The number of carbonyl (C=O) groups is 1. The van der Waals surface area contributed by atoms with Crippen LogP contribution in [0.25, 0.3) is 0 Å². The number of halogens is 1. The fraction of sp³-hybridized carbons (Fsp3) is 0.529. The highest BCUT2D eigenvalue weighted by Crippen LogP contribution is 1.99. The van der Waals surface area contributed by atoms with E-state index in [9.17, 15) is 4.79 Å². The van der Waals surface area contributed by atoms with Crippen LogP contribution in [0.5, 0.6) is 0 Å². The van der Waals surface area contributed by atoms with Crippen molar-refractivity contribution >= 4 is 35.8 Å². The van der Waals surface area contributed by atoms with Gasteiger partial charge in [0.25, 0.3) is 0 Å². The Morgan fingerprint density at radius 3 is 2.33 bits per heavy atom. The summed E-state index contributed by atoms with van der Waals surface area (Å²) < 4.78 is 5.60. The van der Waals surface area contributed by atoms with E-state index in [1.54, 1.807) is 7.05 Å². The molecule has 0 aliphatic heterocycles. The van der Waals surface area contributed by atoms with Crippen LogP contribution >= 0.6 is 24.0 Å². The molecule has 3 N–H and O–H groups in total. The first kappa shape index (κ1) is 22.6. The Morgan fingerprint density at radius 1 is 1.08 bits per heavy atom. The van der Waals surface area contributed by atoms with Gasteiger partial charge in [-0.2, -0.15) is 0 Å². The van der Waals surface area contributed by atoms with E-state index in [0.29, 0.717) is 38.8 Å². The van der Waals surface area contributed by atoms with E-state index in [2.05, 4.69) is 20.9 Å². The van der Waals surface area contributed by atoms with Gasteiger partial charge in [-0.15, -0.1) is 24.0 Å². The molecule has 0 aromatic heterocycles. The second kappa shape index (κ2) is 14.0. The number of rotatable bonds is 9. The average Bonchev–Trinajstić information content (AvgIpc) is 2.57.